The Hall–Kier alpha value is -0.600. The van der Waals surface area contributed by atoms with Crippen LogP contribution in [-0.2, 0) is 4.74 Å². The zero-order valence-electron chi connectivity index (χ0n) is 9.75. The van der Waals surface area contributed by atoms with E-state index in [1.807, 2.05) is 13.8 Å². The van der Waals surface area contributed by atoms with Crippen LogP contribution in [0.15, 0.2) is 24.3 Å². The molecule has 0 aromatic heterocycles. The summed E-state index contributed by atoms with van der Waals surface area (Å²) in [5.41, 5.74) is 1.07. The first-order chi connectivity index (χ1) is 7.63. The maximum Gasteiger partial charge on any atom is 0.123 e. The van der Waals surface area contributed by atoms with Crippen molar-refractivity contribution in [2.75, 3.05) is 12.5 Å². The third kappa shape index (κ3) is 4.50. The highest BCUT2D eigenvalue weighted by Crippen LogP contribution is 2.21. The molecule has 1 aromatic carbocycles. The highest BCUT2D eigenvalue weighted by molar-refractivity contribution is 6.18. The first-order valence-corrected chi connectivity index (χ1v) is 6.10. The molecule has 0 amide bonds. The molecule has 0 heterocycles. The van der Waals surface area contributed by atoms with Crippen molar-refractivity contribution in [3.05, 3.63) is 35.6 Å². The summed E-state index contributed by atoms with van der Waals surface area (Å²) in [6, 6.07) is 6.52. The minimum atomic E-state index is -0.212. The van der Waals surface area contributed by atoms with Gasteiger partial charge in [-0.1, -0.05) is 12.1 Å². The van der Waals surface area contributed by atoms with Gasteiger partial charge in [-0.05, 0) is 43.9 Å². The summed E-state index contributed by atoms with van der Waals surface area (Å²) >= 11 is 5.91. The number of halogens is 2. The van der Waals surface area contributed by atoms with Crippen molar-refractivity contribution in [1.82, 2.24) is 0 Å². The monoisotopic (exact) mass is 244 g/mol. The lowest BCUT2D eigenvalue weighted by Crippen LogP contribution is -2.09. The maximum atomic E-state index is 12.8. The fraction of sp³-hybridized carbons (Fsp3) is 0.538. The number of hydrogen-bond donors (Lipinski definition) is 0. The number of hydrogen-bond acceptors (Lipinski definition) is 1. The fourth-order valence-corrected chi connectivity index (χ4v) is 1.85. The van der Waals surface area contributed by atoms with Crippen LogP contribution in [0.3, 0.4) is 0 Å². The van der Waals surface area contributed by atoms with Gasteiger partial charge in [0.15, 0.2) is 0 Å². The second-order valence-electron chi connectivity index (χ2n) is 4.11. The molecule has 0 saturated heterocycles. The van der Waals surface area contributed by atoms with E-state index in [1.54, 1.807) is 12.1 Å². The molecule has 1 aromatic rings. The molecule has 0 N–H and O–H groups in total. The average molecular weight is 245 g/mol. The van der Waals surface area contributed by atoms with Gasteiger partial charge in [-0.2, -0.15) is 0 Å². The molecular weight excluding hydrogens is 227 g/mol. The SMILES string of the molecule is CC(C)OCCC(CCl)c1ccc(F)cc1. The van der Waals surface area contributed by atoms with Crippen LogP contribution in [0.1, 0.15) is 31.7 Å². The molecule has 0 spiro atoms. The van der Waals surface area contributed by atoms with Gasteiger partial charge in [0.2, 0.25) is 0 Å². The molecule has 0 aliphatic carbocycles. The Balaban J connectivity index is 2.50. The molecule has 1 rings (SSSR count). The van der Waals surface area contributed by atoms with Crippen molar-refractivity contribution in [3.8, 4) is 0 Å². The van der Waals surface area contributed by atoms with Gasteiger partial charge >= 0.3 is 0 Å². The van der Waals surface area contributed by atoms with Crippen LogP contribution in [0.5, 0.6) is 0 Å². The van der Waals surface area contributed by atoms with Gasteiger partial charge in [0.25, 0.3) is 0 Å². The molecule has 0 aliphatic heterocycles. The second kappa shape index (κ2) is 6.87. The van der Waals surface area contributed by atoms with E-state index in [-0.39, 0.29) is 17.8 Å². The molecule has 0 fully saturated rings. The smallest absolute Gasteiger partial charge is 0.123 e. The molecule has 1 unspecified atom stereocenters. The lowest BCUT2D eigenvalue weighted by molar-refractivity contribution is 0.0743. The van der Waals surface area contributed by atoms with Crippen molar-refractivity contribution < 1.29 is 9.13 Å². The molecule has 1 nitrogen and oxygen atoms in total. The molecule has 16 heavy (non-hydrogen) atoms. The first kappa shape index (κ1) is 13.5. The second-order valence-corrected chi connectivity index (χ2v) is 4.42. The van der Waals surface area contributed by atoms with Gasteiger partial charge in [0.05, 0.1) is 6.10 Å². The summed E-state index contributed by atoms with van der Waals surface area (Å²) < 4.78 is 18.2. The largest absolute Gasteiger partial charge is 0.379 e. The number of benzene rings is 1. The van der Waals surface area contributed by atoms with Crippen LogP contribution in [0.2, 0.25) is 0 Å². The third-order valence-corrected chi connectivity index (χ3v) is 2.82. The fourth-order valence-electron chi connectivity index (χ4n) is 1.51. The van der Waals surface area contributed by atoms with Gasteiger partial charge in [-0.3, -0.25) is 0 Å². The van der Waals surface area contributed by atoms with Crippen molar-refractivity contribution in [2.24, 2.45) is 0 Å². The molecule has 0 saturated carbocycles. The van der Waals surface area contributed by atoms with E-state index in [2.05, 4.69) is 0 Å². The van der Waals surface area contributed by atoms with Crippen molar-refractivity contribution in [3.63, 3.8) is 0 Å². The van der Waals surface area contributed by atoms with Gasteiger partial charge in [-0.25, -0.2) is 4.39 Å². The van der Waals surface area contributed by atoms with Crippen LogP contribution in [0.4, 0.5) is 4.39 Å². The zero-order valence-corrected chi connectivity index (χ0v) is 10.5. The van der Waals surface area contributed by atoms with Crippen LogP contribution in [-0.4, -0.2) is 18.6 Å². The Morgan fingerprint density at radius 3 is 2.38 bits per heavy atom. The van der Waals surface area contributed by atoms with Gasteiger partial charge in [0.1, 0.15) is 5.82 Å². The third-order valence-electron chi connectivity index (χ3n) is 2.45. The number of rotatable bonds is 6. The zero-order chi connectivity index (χ0) is 12.0. The quantitative estimate of drug-likeness (QED) is 0.689. The molecule has 90 valence electrons. The van der Waals surface area contributed by atoms with E-state index in [1.165, 1.54) is 12.1 Å². The Morgan fingerprint density at radius 2 is 1.88 bits per heavy atom. The Bertz CT molecular complexity index is 297. The first-order valence-electron chi connectivity index (χ1n) is 5.56. The minimum absolute atomic E-state index is 0.212. The average Bonchev–Trinajstić information content (AvgIpc) is 2.26. The standard InChI is InChI=1S/C13H18ClFO/c1-10(2)16-8-7-12(9-14)11-3-5-13(15)6-4-11/h3-6,10,12H,7-9H2,1-2H3. The summed E-state index contributed by atoms with van der Waals surface area (Å²) in [7, 11) is 0. The van der Waals surface area contributed by atoms with Gasteiger partial charge in [0, 0.05) is 12.5 Å². The van der Waals surface area contributed by atoms with E-state index in [4.69, 9.17) is 16.3 Å². The maximum absolute atomic E-state index is 12.8. The van der Waals surface area contributed by atoms with Gasteiger partial charge < -0.3 is 4.74 Å². The topological polar surface area (TPSA) is 9.23 Å². The predicted octanol–water partition coefficient (Wildman–Crippen LogP) is 3.96. The summed E-state index contributed by atoms with van der Waals surface area (Å²) in [6.45, 7) is 4.70. The van der Waals surface area contributed by atoms with Crippen LogP contribution < -0.4 is 0 Å². The van der Waals surface area contributed by atoms with E-state index in [0.29, 0.717) is 12.5 Å². The molecule has 1 atom stereocenters. The van der Waals surface area contributed by atoms with Crippen LogP contribution in [0.25, 0.3) is 0 Å². The molecule has 0 radical (unpaired) electrons. The number of ether oxygens (including phenoxy) is 1. The molecular formula is C13H18ClFO. The lowest BCUT2D eigenvalue weighted by Gasteiger charge is -2.15. The normalized spacial score (nSPS) is 13.1. The van der Waals surface area contributed by atoms with E-state index < -0.39 is 0 Å². The Morgan fingerprint density at radius 1 is 1.25 bits per heavy atom. The number of alkyl halides is 1. The highest BCUT2D eigenvalue weighted by Gasteiger charge is 2.10. The van der Waals surface area contributed by atoms with Crippen molar-refractivity contribution in [1.29, 1.82) is 0 Å². The van der Waals surface area contributed by atoms with E-state index in [9.17, 15) is 4.39 Å². The Kier molecular flexibility index (Phi) is 5.78. The molecule has 3 heteroatoms. The summed E-state index contributed by atoms with van der Waals surface area (Å²) in [6.07, 6.45) is 1.11. The van der Waals surface area contributed by atoms with Gasteiger partial charge in [-0.15, -0.1) is 11.6 Å². The summed E-state index contributed by atoms with van der Waals surface area (Å²) in [5.74, 6) is 0.559. The van der Waals surface area contributed by atoms with Crippen LogP contribution in [0, 0.1) is 5.82 Å². The molecule has 0 bridgehead atoms. The summed E-state index contributed by atoms with van der Waals surface area (Å²) in [4.78, 5) is 0. The van der Waals surface area contributed by atoms with Crippen LogP contribution >= 0.6 is 11.6 Å². The predicted molar refractivity (Wildman–Crippen MR) is 65.6 cm³/mol. The highest BCUT2D eigenvalue weighted by atomic mass is 35.5. The Labute approximate surface area is 102 Å². The van der Waals surface area contributed by atoms with E-state index >= 15 is 0 Å². The van der Waals surface area contributed by atoms with Crippen molar-refractivity contribution in [2.45, 2.75) is 32.3 Å². The lowest BCUT2D eigenvalue weighted by atomic mass is 9.98. The minimum Gasteiger partial charge on any atom is -0.379 e. The summed E-state index contributed by atoms with van der Waals surface area (Å²) in [5, 5.41) is 0. The molecule has 0 aliphatic rings. The van der Waals surface area contributed by atoms with Crippen molar-refractivity contribution >= 4 is 11.6 Å². The van der Waals surface area contributed by atoms with E-state index in [0.717, 1.165) is 12.0 Å².